The molecule has 0 amide bonds. The Hall–Kier alpha value is -1.81. The zero-order valence-electron chi connectivity index (χ0n) is 27.6. The summed E-state index contributed by atoms with van der Waals surface area (Å²) in [6.07, 6.45) is 11.3. The first-order valence-electron chi connectivity index (χ1n) is 17.1. The van der Waals surface area contributed by atoms with Crippen molar-refractivity contribution in [1.29, 1.82) is 0 Å². The predicted octanol–water partition coefficient (Wildman–Crippen LogP) is 9.05. The van der Waals surface area contributed by atoms with Gasteiger partial charge >= 0.3 is 0 Å². The Morgan fingerprint density at radius 2 is 0.744 bits per heavy atom. The van der Waals surface area contributed by atoms with Gasteiger partial charge in [0.25, 0.3) is 0 Å². The molecule has 3 aromatic rings. The molecule has 0 saturated heterocycles. The molecule has 3 aliphatic carbocycles. The number of nitrogens with one attached hydrogen (secondary N) is 3. The topological polar surface area (TPSA) is 36.1 Å². The van der Waals surface area contributed by atoms with Gasteiger partial charge in [-0.1, -0.05) is 112 Å². The molecule has 0 heterocycles. The summed E-state index contributed by atoms with van der Waals surface area (Å²) in [6, 6.07) is 29.2. The molecule has 0 radical (unpaired) electrons. The van der Waals surface area contributed by atoms with Crippen molar-refractivity contribution in [3.05, 3.63) is 106 Å². The van der Waals surface area contributed by atoms with Crippen molar-refractivity contribution in [3.63, 3.8) is 0 Å². The van der Waals surface area contributed by atoms with E-state index in [0.29, 0.717) is 22.9 Å². The summed E-state index contributed by atoms with van der Waals surface area (Å²) in [5.74, 6) is 0. The normalized spacial score (nSPS) is 22.5. The lowest BCUT2D eigenvalue weighted by Gasteiger charge is -2.53. The Labute approximate surface area is 264 Å². The Kier molecular flexibility index (Phi) is 9.09. The molecule has 0 fully saturated rings. The van der Waals surface area contributed by atoms with Crippen LogP contribution in [0, 0.1) is 0 Å². The highest BCUT2D eigenvalue weighted by Gasteiger charge is 2.55. The van der Waals surface area contributed by atoms with Crippen LogP contribution in [0.15, 0.2) is 72.8 Å². The van der Waals surface area contributed by atoms with Crippen LogP contribution in [-0.4, -0.2) is 24.7 Å². The molecule has 0 bridgehead atoms. The summed E-state index contributed by atoms with van der Waals surface area (Å²) in [5, 5.41) is 0. The van der Waals surface area contributed by atoms with E-state index in [1.165, 1.54) is 57.8 Å². The Bertz CT molecular complexity index is 1250. The molecule has 6 rings (SSSR count). The fourth-order valence-corrected chi connectivity index (χ4v) is 37.3. The summed E-state index contributed by atoms with van der Waals surface area (Å²) < 4.78 is 0. The maximum absolute atomic E-state index is 4.50. The van der Waals surface area contributed by atoms with Crippen LogP contribution in [0.2, 0.25) is 44.1 Å². The quantitative estimate of drug-likeness (QED) is 0.208. The molecule has 3 aliphatic rings. The molecule has 43 heavy (non-hydrogen) atoms. The third kappa shape index (κ3) is 6.61. The fourth-order valence-electron chi connectivity index (χ4n) is 10.0. The fraction of sp³-hybridized carbons (Fsp3) is 0.514. The Balaban J connectivity index is 1.35. The number of benzene rings is 3. The lowest BCUT2D eigenvalue weighted by Crippen LogP contribution is -2.73. The highest BCUT2D eigenvalue weighted by atomic mass is 28.5. The monoisotopic (exact) mass is 625 g/mol. The number of fused-ring (bicyclic) bond motifs is 3. The SMILES string of the molecule is C[Si](C)(N[C@@H]1CCCc2ccccc21)C([Si](C)(C)N[C@@H]1CCCc2ccccc21)[Si](C)(C)N[C@@H]1CCCc2ccccc21. The van der Waals surface area contributed by atoms with Gasteiger partial charge in [0.2, 0.25) is 0 Å². The van der Waals surface area contributed by atoms with Crippen LogP contribution in [0.25, 0.3) is 0 Å². The third-order valence-corrected chi connectivity index (χ3v) is 31.5. The minimum Gasteiger partial charge on any atom is -0.331 e. The van der Waals surface area contributed by atoms with Crippen molar-refractivity contribution in [2.75, 3.05) is 0 Å². The molecule has 3 N–H and O–H groups in total. The minimum absolute atomic E-state index is 0.481. The van der Waals surface area contributed by atoms with Crippen LogP contribution < -0.4 is 14.9 Å². The maximum Gasteiger partial charge on any atom is 0.120 e. The summed E-state index contributed by atoms with van der Waals surface area (Å²) in [7, 11) is -5.89. The van der Waals surface area contributed by atoms with E-state index < -0.39 is 24.7 Å². The number of rotatable bonds is 9. The smallest absolute Gasteiger partial charge is 0.120 e. The number of hydrogen-bond acceptors (Lipinski definition) is 3. The van der Waals surface area contributed by atoms with Crippen LogP contribution in [-0.2, 0) is 19.3 Å². The van der Waals surface area contributed by atoms with Gasteiger partial charge in [0, 0.05) is 18.1 Å². The van der Waals surface area contributed by atoms with E-state index >= 15 is 0 Å². The van der Waals surface area contributed by atoms with E-state index in [0.717, 1.165) is 0 Å². The van der Waals surface area contributed by atoms with E-state index in [1.807, 2.05) is 0 Å². The summed E-state index contributed by atoms with van der Waals surface area (Å²) >= 11 is 0. The van der Waals surface area contributed by atoms with Gasteiger partial charge in [-0.3, -0.25) is 0 Å². The predicted molar refractivity (Wildman–Crippen MR) is 192 cm³/mol. The van der Waals surface area contributed by atoms with Gasteiger partial charge < -0.3 is 14.9 Å². The van der Waals surface area contributed by atoms with Crippen molar-refractivity contribution in [1.82, 2.24) is 14.9 Å². The van der Waals surface area contributed by atoms with Crippen LogP contribution >= 0.6 is 0 Å². The molecule has 230 valence electrons. The van der Waals surface area contributed by atoms with Crippen molar-refractivity contribution in [2.45, 2.75) is 120 Å². The average Bonchev–Trinajstić information content (AvgIpc) is 2.97. The molecule has 0 aliphatic heterocycles. The first-order chi connectivity index (χ1) is 20.6. The van der Waals surface area contributed by atoms with E-state index in [-0.39, 0.29) is 0 Å². The number of aryl methyl sites for hydroxylation is 3. The second kappa shape index (κ2) is 12.5. The molecule has 3 nitrogen and oxygen atoms in total. The second-order valence-electron chi connectivity index (χ2n) is 15.5. The molecule has 6 heteroatoms. The largest absolute Gasteiger partial charge is 0.331 e. The van der Waals surface area contributed by atoms with Crippen LogP contribution in [0.5, 0.6) is 0 Å². The summed E-state index contributed by atoms with van der Waals surface area (Å²) in [6.45, 7) is 16.1. The van der Waals surface area contributed by atoms with Gasteiger partial charge in [-0.25, -0.2) is 0 Å². The summed E-state index contributed by atoms with van der Waals surface area (Å²) in [4.78, 5) is 14.2. The minimum atomic E-state index is -1.96. The summed E-state index contributed by atoms with van der Waals surface area (Å²) in [5.41, 5.74) is 9.39. The van der Waals surface area contributed by atoms with Gasteiger partial charge in [0.1, 0.15) is 24.7 Å². The van der Waals surface area contributed by atoms with Crippen LogP contribution in [0.3, 0.4) is 0 Å². The van der Waals surface area contributed by atoms with Crippen molar-refractivity contribution in [3.8, 4) is 0 Å². The van der Waals surface area contributed by atoms with E-state index in [9.17, 15) is 0 Å². The Morgan fingerprint density at radius 3 is 1.05 bits per heavy atom. The lowest BCUT2D eigenvalue weighted by atomic mass is 9.88. The molecule has 3 atom stereocenters. The molecular weight excluding hydrogens is 571 g/mol. The van der Waals surface area contributed by atoms with Gasteiger partial charge in [-0.05, 0) is 96.0 Å². The van der Waals surface area contributed by atoms with E-state index in [1.54, 1.807) is 33.4 Å². The second-order valence-corrected chi connectivity index (χ2v) is 30.1. The highest BCUT2D eigenvalue weighted by molar-refractivity contribution is 7.11. The Morgan fingerprint density at radius 1 is 0.465 bits per heavy atom. The zero-order valence-corrected chi connectivity index (χ0v) is 30.6. The number of hydrogen-bond donors (Lipinski definition) is 3. The molecule has 0 saturated carbocycles. The third-order valence-electron chi connectivity index (χ3n) is 10.9. The van der Waals surface area contributed by atoms with Crippen molar-refractivity contribution >= 4 is 24.7 Å². The molecule has 3 aromatic carbocycles. The van der Waals surface area contributed by atoms with Gasteiger partial charge in [0.15, 0.2) is 0 Å². The van der Waals surface area contributed by atoms with E-state index in [2.05, 4.69) is 127 Å². The first-order valence-corrected chi connectivity index (χ1v) is 26.3. The molecule has 0 unspecified atom stereocenters. The van der Waals surface area contributed by atoms with Crippen LogP contribution in [0.4, 0.5) is 0 Å². The van der Waals surface area contributed by atoms with E-state index in [4.69, 9.17) is 0 Å². The average molecular weight is 626 g/mol. The van der Waals surface area contributed by atoms with Crippen LogP contribution in [0.1, 0.15) is 90.0 Å². The molecule has 0 spiro atoms. The lowest BCUT2D eigenvalue weighted by molar-refractivity contribution is 0.516. The molecule has 0 aromatic heterocycles. The van der Waals surface area contributed by atoms with Gasteiger partial charge in [0.05, 0.1) is 0 Å². The highest BCUT2D eigenvalue weighted by Crippen LogP contribution is 2.43. The zero-order chi connectivity index (χ0) is 30.2. The van der Waals surface area contributed by atoms with Gasteiger partial charge in [-0.2, -0.15) is 0 Å². The first kappa shape index (κ1) is 31.2. The molecular formula is C37H55N3Si3. The maximum atomic E-state index is 4.50. The van der Waals surface area contributed by atoms with Crippen molar-refractivity contribution in [2.24, 2.45) is 0 Å². The van der Waals surface area contributed by atoms with Gasteiger partial charge in [-0.15, -0.1) is 0 Å². The standard InChI is InChI=1S/C37H55N3Si3/c1-41(2,38-34-25-13-19-28-16-7-10-22-31(28)34)37(42(3,4)39-35-26-14-20-29-17-8-11-23-32(29)35)43(5,6)40-36-27-15-21-30-18-9-12-24-33(30)36/h7-12,16-18,22-24,34-40H,13-15,19-21,25-27H2,1-6H3/t34-,35-,36-/m1/s1. The van der Waals surface area contributed by atoms with Crippen molar-refractivity contribution < 1.29 is 0 Å².